The number of hydrogen-bond acceptors (Lipinski definition) is 4. The van der Waals surface area contributed by atoms with Crippen molar-refractivity contribution >= 4 is 44.8 Å². The second-order valence-electron chi connectivity index (χ2n) is 5.06. The molecule has 0 aliphatic carbocycles. The van der Waals surface area contributed by atoms with Crippen LogP contribution in [0.2, 0.25) is 0 Å². The smallest absolute Gasteiger partial charge is 0.266 e. The van der Waals surface area contributed by atoms with Crippen molar-refractivity contribution in [1.29, 1.82) is 0 Å². The van der Waals surface area contributed by atoms with Crippen molar-refractivity contribution in [2.45, 2.75) is 20.3 Å². The van der Waals surface area contributed by atoms with E-state index in [9.17, 15) is 9.59 Å². The third-order valence-corrected chi connectivity index (χ3v) is 5.19. The van der Waals surface area contributed by atoms with Gasteiger partial charge in [0.25, 0.3) is 5.91 Å². The fourth-order valence-electron chi connectivity index (χ4n) is 2.01. The molecule has 122 valence electrons. The van der Waals surface area contributed by atoms with Crippen LogP contribution in [0.4, 0.5) is 5.69 Å². The number of aryl methyl sites for hydroxylation is 2. The van der Waals surface area contributed by atoms with Crippen LogP contribution >= 0.6 is 27.3 Å². The van der Waals surface area contributed by atoms with Crippen LogP contribution in [0.1, 0.15) is 27.3 Å². The third-order valence-electron chi connectivity index (χ3n) is 3.21. The molecule has 0 aliphatic rings. The summed E-state index contributed by atoms with van der Waals surface area (Å²) in [6.45, 7) is 3.80. The monoisotopic (exact) mass is 395 g/mol. The van der Waals surface area contributed by atoms with Crippen LogP contribution in [-0.2, 0) is 11.2 Å². The lowest BCUT2D eigenvalue weighted by Crippen LogP contribution is -2.34. The van der Waals surface area contributed by atoms with Crippen molar-refractivity contribution in [2.75, 3.05) is 18.9 Å². The number of thiazole rings is 1. The Hall–Kier alpha value is -1.73. The largest absolute Gasteiger partial charge is 0.332 e. The highest BCUT2D eigenvalue weighted by Crippen LogP contribution is 2.22. The summed E-state index contributed by atoms with van der Waals surface area (Å²) in [5, 5.41) is 3.71. The SMILES string of the molecule is CCc1nc(C)c(C(=O)N(C)CC(=O)Nc2ccccc2Br)s1. The Bertz CT molecular complexity index is 730. The zero-order valence-electron chi connectivity index (χ0n) is 13.2. The van der Waals surface area contributed by atoms with E-state index in [0.717, 1.165) is 21.6 Å². The predicted molar refractivity (Wildman–Crippen MR) is 96.0 cm³/mol. The number of aromatic nitrogens is 1. The first-order valence-corrected chi connectivity index (χ1v) is 8.79. The number of hydrogen-bond donors (Lipinski definition) is 1. The highest BCUT2D eigenvalue weighted by Gasteiger charge is 2.20. The minimum Gasteiger partial charge on any atom is -0.332 e. The number of carbonyl (C=O) groups is 2. The molecule has 1 N–H and O–H groups in total. The van der Waals surface area contributed by atoms with E-state index in [4.69, 9.17) is 0 Å². The van der Waals surface area contributed by atoms with Gasteiger partial charge in [0.15, 0.2) is 0 Å². The summed E-state index contributed by atoms with van der Waals surface area (Å²) in [5.74, 6) is -0.424. The lowest BCUT2D eigenvalue weighted by molar-refractivity contribution is -0.116. The summed E-state index contributed by atoms with van der Waals surface area (Å²) in [4.78, 5) is 30.9. The number of nitrogens with zero attached hydrogens (tertiary/aromatic N) is 2. The minimum atomic E-state index is -0.245. The lowest BCUT2D eigenvalue weighted by atomic mass is 10.3. The maximum Gasteiger partial charge on any atom is 0.266 e. The average Bonchev–Trinajstić information content (AvgIpc) is 2.89. The zero-order chi connectivity index (χ0) is 17.0. The predicted octanol–water partition coefficient (Wildman–Crippen LogP) is 3.49. The Morgan fingerprint density at radius 3 is 2.65 bits per heavy atom. The molecular weight excluding hydrogens is 378 g/mol. The van der Waals surface area contributed by atoms with E-state index >= 15 is 0 Å². The van der Waals surface area contributed by atoms with Crippen molar-refractivity contribution < 1.29 is 9.59 Å². The van der Waals surface area contributed by atoms with Crippen LogP contribution < -0.4 is 5.32 Å². The molecule has 0 spiro atoms. The molecule has 1 aromatic carbocycles. The lowest BCUT2D eigenvalue weighted by Gasteiger charge is -2.16. The Labute approximate surface area is 147 Å². The number of anilines is 1. The summed E-state index contributed by atoms with van der Waals surface area (Å²) in [7, 11) is 1.62. The molecule has 2 amide bonds. The first-order valence-electron chi connectivity index (χ1n) is 7.18. The van der Waals surface area contributed by atoms with Gasteiger partial charge in [-0.15, -0.1) is 11.3 Å². The van der Waals surface area contributed by atoms with Crippen molar-refractivity contribution in [3.05, 3.63) is 44.3 Å². The maximum atomic E-state index is 12.5. The number of carbonyl (C=O) groups excluding carboxylic acids is 2. The maximum absolute atomic E-state index is 12.5. The molecular formula is C16H18BrN3O2S. The fraction of sp³-hybridized carbons (Fsp3) is 0.312. The number of nitrogens with one attached hydrogen (secondary N) is 1. The van der Waals surface area contributed by atoms with Gasteiger partial charge in [0, 0.05) is 11.5 Å². The quantitative estimate of drug-likeness (QED) is 0.842. The molecule has 2 aromatic rings. The van der Waals surface area contributed by atoms with Crippen LogP contribution in [0.25, 0.3) is 0 Å². The normalized spacial score (nSPS) is 10.4. The van der Waals surface area contributed by atoms with Crippen LogP contribution in [-0.4, -0.2) is 35.3 Å². The van der Waals surface area contributed by atoms with Gasteiger partial charge in [0.2, 0.25) is 5.91 Å². The Balaban J connectivity index is 2.01. The van der Waals surface area contributed by atoms with Crippen molar-refractivity contribution in [3.8, 4) is 0 Å². The van der Waals surface area contributed by atoms with Gasteiger partial charge in [-0.05, 0) is 41.4 Å². The van der Waals surface area contributed by atoms with Crippen LogP contribution in [0.5, 0.6) is 0 Å². The number of halogens is 1. The Kier molecular flexibility index (Phi) is 5.90. The first kappa shape index (κ1) is 17.6. The molecule has 0 atom stereocenters. The van der Waals surface area contributed by atoms with E-state index in [-0.39, 0.29) is 18.4 Å². The molecule has 0 fully saturated rings. The summed E-state index contributed by atoms with van der Waals surface area (Å²) in [5.41, 5.74) is 1.40. The van der Waals surface area contributed by atoms with Crippen molar-refractivity contribution in [2.24, 2.45) is 0 Å². The molecule has 1 heterocycles. The van der Waals surface area contributed by atoms with Crippen LogP contribution in [0, 0.1) is 6.92 Å². The Morgan fingerprint density at radius 2 is 2.04 bits per heavy atom. The molecule has 2 rings (SSSR count). The van der Waals surface area contributed by atoms with Crippen molar-refractivity contribution in [3.63, 3.8) is 0 Å². The highest BCUT2D eigenvalue weighted by molar-refractivity contribution is 9.10. The van der Waals surface area contributed by atoms with Gasteiger partial charge in [-0.25, -0.2) is 4.98 Å². The van der Waals surface area contributed by atoms with Gasteiger partial charge in [-0.1, -0.05) is 19.1 Å². The van der Waals surface area contributed by atoms with Gasteiger partial charge in [-0.3, -0.25) is 9.59 Å². The number of rotatable bonds is 5. The number of benzene rings is 1. The average molecular weight is 396 g/mol. The fourth-order valence-corrected chi connectivity index (χ4v) is 3.40. The van der Waals surface area contributed by atoms with Gasteiger partial charge in [-0.2, -0.15) is 0 Å². The zero-order valence-corrected chi connectivity index (χ0v) is 15.6. The molecule has 0 aliphatic heterocycles. The topological polar surface area (TPSA) is 62.3 Å². The van der Waals surface area contributed by atoms with Gasteiger partial charge in [0.05, 0.1) is 22.9 Å². The van der Waals surface area contributed by atoms with E-state index in [1.165, 1.54) is 16.2 Å². The number of para-hydroxylation sites is 1. The number of amides is 2. The van der Waals surface area contributed by atoms with E-state index in [1.807, 2.05) is 32.0 Å². The molecule has 0 saturated carbocycles. The minimum absolute atomic E-state index is 0.0149. The Morgan fingerprint density at radius 1 is 1.35 bits per heavy atom. The van der Waals surface area contributed by atoms with E-state index in [2.05, 4.69) is 26.2 Å². The summed E-state index contributed by atoms with van der Waals surface area (Å²) in [6, 6.07) is 7.34. The van der Waals surface area contributed by atoms with E-state index in [1.54, 1.807) is 13.1 Å². The molecule has 0 unspecified atom stereocenters. The second-order valence-corrected chi connectivity index (χ2v) is 7.00. The first-order chi connectivity index (χ1) is 10.9. The van der Waals surface area contributed by atoms with E-state index < -0.39 is 0 Å². The summed E-state index contributed by atoms with van der Waals surface area (Å²) in [6.07, 6.45) is 0.797. The van der Waals surface area contributed by atoms with Crippen LogP contribution in [0.3, 0.4) is 0 Å². The molecule has 5 nitrogen and oxygen atoms in total. The third kappa shape index (κ3) is 4.39. The van der Waals surface area contributed by atoms with E-state index in [0.29, 0.717) is 10.6 Å². The molecule has 23 heavy (non-hydrogen) atoms. The van der Waals surface area contributed by atoms with Gasteiger partial charge < -0.3 is 10.2 Å². The second kappa shape index (κ2) is 7.70. The van der Waals surface area contributed by atoms with Crippen molar-refractivity contribution in [1.82, 2.24) is 9.88 Å². The highest BCUT2D eigenvalue weighted by atomic mass is 79.9. The van der Waals surface area contributed by atoms with Gasteiger partial charge in [0.1, 0.15) is 4.88 Å². The molecule has 7 heteroatoms. The summed E-state index contributed by atoms with van der Waals surface area (Å²) >= 11 is 4.76. The van der Waals surface area contributed by atoms with Crippen LogP contribution in [0.15, 0.2) is 28.7 Å². The molecule has 0 radical (unpaired) electrons. The molecule has 1 aromatic heterocycles. The standard InChI is InChI=1S/C16H18BrN3O2S/c1-4-14-18-10(2)15(23-14)16(22)20(3)9-13(21)19-12-8-6-5-7-11(12)17/h5-8H,4,9H2,1-3H3,(H,19,21). The molecule has 0 saturated heterocycles. The van der Waals surface area contributed by atoms with Gasteiger partial charge >= 0.3 is 0 Å². The summed E-state index contributed by atoms with van der Waals surface area (Å²) < 4.78 is 0.799. The number of likely N-dealkylation sites (N-methyl/N-ethyl adjacent to an activating group) is 1. The molecule has 0 bridgehead atoms.